The quantitative estimate of drug-likeness (QED) is 0.665. The van der Waals surface area contributed by atoms with E-state index in [0.29, 0.717) is 12.8 Å². The first kappa shape index (κ1) is 11.6. The first-order valence-corrected chi connectivity index (χ1v) is 5.69. The standard InChI is InChI=1S/C7H14O6S/c1-5-3-4-6(12-7(8)11-2)14(9,10)13-5/h5-6,9-10H,3-4H2,1-2H3. The summed E-state index contributed by atoms with van der Waals surface area (Å²) in [5.74, 6) is 0. The van der Waals surface area contributed by atoms with Crippen LogP contribution in [0.3, 0.4) is 0 Å². The summed E-state index contributed by atoms with van der Waals surface area (Å²) in [5.41, 5.74) is -1.02. The highest BCUT2D eigenvalue weighted by Gasteiger charge is 2.40. The van der Waals surface area contributed by atoms with Crippen LogP contribution in [0.4, 0.5) is 4.79 Å². The van der Waals surface area contributed by atoms with Gasteiger partial charge >= 0.3 is 6.16 Å². The summed E-state index contributed by atoms with van der Waals surface area (Å²) in [7, 11) is -2.15. The van der Waals surface area contributed by atoms with Crippen molar-refractivity contribution in [2.45, 2.75) is 31.3 Å². The van der Waals surface area contributed by atoms with E-state index in [2.05, 4.69) is 9.47 Å². The molecule has 0 aliphatic carbocycles. The highest BCUT2D eigenvalue weighted by molar-refractivity contribution is 8.20. The molecule has 0 spiro atoms. The van der Waals surface area contributed by atoms with Gasteiger partial charge in [-0.1, -0.05) is 0 Å². The minimum absolute atomic E-state index is 0.238. The van der Waals surface area contributed by atoms with Crippen LogP contribution >= 0.6 is 10.9 Å². The molecule has 1 aliphatic rings. The molecule has 2 N–H and O–H groups in total. The maximum atomic E-state index is 10.7. The largest absolute Gasteiger partial charge is 0.509 e. The Labute approximate surface area is 83.7 Å². The zero-order valence-corrected chi connectivity index (χ0v) is 8.82. The number of carbonyl (C=O) groups excluding carboxylic acids is 1. The molecule has 7 heteroatoms. The number of hydrogen-bond acceptors (Lipinski definition) is 6. The third-order valence-corrected chi connectivity index (χ3v) is 3.48. The number of hydrogen-bond donors (Lipinski definition) is 2. The summed E-state index contributed by atoms with van der Waals surface area (Å²) in [5, 5.41) is 0. The molecule has 1 aliphatic heterocycles. The molecule has 1 fully saturated rings. The minimum Gasteiger partial charge on any atom is -0.438 e. The molecular formula is C7H14O6S. The fourth-order valence-electron chi connectivity index (χ4n) is 1.15. The monoisotopic (exact) mass is 226 g/mol. The van der Waals surface area contributed by atoms with E-state index < -0.39 is 22.5 Å². The van der Waals surface area contributed by atoms with Gasteiger partial charge in [0.15, 0.2) is 0 Å². The Hall–Kier alpha value is -0.500. The lowest BCUT2D eigenvalue weighted by Crippen LogP contribution is -2.33. The molecule has 2 atom stereocenters. The molecule has 6 nitrogen and oxygen atoms in total. The van der Waals surface area contributed by atoms with Crippen molar-refractivity contribution in [3.05, 3.63) is 0 Å². The van der Waals surface area contributed by atoms with E-state index in [4.69, 9.17) is 4.18 Å². The molecule has 1 saturated heterocycles. The minimum atomic E-state index is -3.30. The third kappa shape index (κ3) is 2.74. The number of rotatable bonds is 1. The summed E-state index contributed by atoms with van der Waals surface area (Å²) >= 11 is 0. The van der Waals surface area contributed by atoms with Crippen LogP contribution in [0.1, 0.15) is 19.8 Å². The predicted octanol–water partition coefficient (Wildman–Crippen LogP) is 1.96. The van der Waals surface area contributed by atoms with E-state index in [-0.39, 0.29) is 6.10 Å². The van der Waals surface area contributed by atoms with Crippen LogP contribution in [0.5, 0.6) is 0 Å². The Kier molecular flexibility index (Phi) is 3.59. The van der Waals surface area contributed by atoms with Crippen molar-refractivity contribution in [3.63, 3.8) is 0 Å². The SMILES string of the molecule is COC(=O)OC1CCC(C)OS1(O)O. The van der Waals surface area contributed by atoms with Crippen molar-refractivity contribution >= 4 is 17.0 Å². The topological polar surface area (TPSA) is 85.2 Å². The summed E-state index contributed by atoms with van der Waals surface area (Å²) < 4.78 is 32.7. The van der Waals surface area contributed by atoms with Crippen molar-refractivity contribution in [1.29, 1.82) is 0 Å². The van der Waals surface area contributed by atoms with Crippen LogP contribution in [0, 0.1) is 0 Å². The molecule has 1 heterocycles. The van der Waals surface area contributed by atoms with Gasteiger partial charge in [0.2, 0.25) is 5.44 Å². The van der Waals surface area contributed by atoms with E-state index in [1.807, 2.05) is 0 Å². The lowest BCUT2D eigenvalue weighted by Gasteiger charge is -2.39. The van der Waals surface area contributed by atoms with Crippen LogP contribution in [0.25, 0.3) is 0 Å². The van der Waals surface area contributed by atoms with Gasteiger partial charge in [-0.3, -0.25) is 4.18 Å². The molecule has 0 aromatic rings. The first-order valence-electron chi connectivity index (χ1n) is 4.15. The molecule has 0 aromatic heterocycles. The maximum absolute atomic E-state index is 10.7. The van der Waals surface area contributed by atoms with Gasteiger partial charge in [-0.05, 0) is 13.3 Å². The van der Waals surface area contributed by atoms with Crippen LogP contribution in [-0.2, 0) is 13.7 Å². The van der Waals surface area contributed by atoms with Crippen molar-refractivity contribution in [2.75, 3.05) is 7.11 Å². The van der Waals surface area contributed by atoms with Crippen LogP contribution in [-0.4, -0.2) is 33.9 Å². The van der Waals surface area contributed by atoms with E-state index in [1.165, 1.54) is 0 Å². The normalized spacial score (nSPS) is 33.1. The molecule has 0 radical (unpaired) electrons. The number of methoxy groups -OCH3 is 1. The second-order valence-electron chi connectivity index (χ2n) is 3.02. The van der Waals surface area contributed by atoms with Crippen molar-refractivity contribution in [1.82, 2.24) is 0 Å². The highest BCUT2D eigenvalue weighted by Crippen LogP contribution is 2.52. The van der Waals surface area contributed by atoms with Crippen molar-refractivity contribution < 1.29 is 27.6 Å². The zero-order valence-electron chi connectivity index (χ0n) is 8.00. The summed E-state index contributed by atoms with van der Waals surface area (Å²) in [6.45, 7) is 1.72. The maximum Gasteiger partial charge on any atom is 0.509 e. The van der Waals surface area contributed by atoms with Gasteiger partial charge in [-0.15, -0.1) is 0 Å². The van der Waals surface area contributed by atoms with E-state index >= 15 is 0 Å². The molecule has 0 bridgehead atoms. The Morgan fingerprint density at radius 3 is 2.64 bits per heavy atom. The molecule has 2 unspecified atom stereocenters. The Bertz CT molecular complexity index is 218. The van der Waals surface area contributed by atoms with Gasteiger partial charge in [0.05, 0.1) is 13.2 Å². The van der Waals surface area contributed by atoms with Gasteiger partial charge in [0, 0.05) is 6.42 Å². The van der Waals surface area contributed by atoms with E-state index in [0.717, 1.165) is 7.11 Å². The fraction of sp³-hybridized carbons (Fsp3) is 0.857. The average Bonchev–Trinajstić information content (AvgIpc) is 2.08. The second kappa shape index (κ2) is 4.35. The molecule has 0 aromatic carbocycles. The average molecular weight is 226 g/mol. The zero-order chi connectivity index (χ0) is 10.8. The third-order valence-electron chi connectivity index (χ3n) is 1.85. The number of carbonyl (C=O) groups is 1. The lowest BCUT2D eigenvalue weighted by atomic mass is 10.2. The fourth-order valence-corrected chi connectivity index (χ4v) is 2.50. The van der Waals surface area contributed by atoms with Crippen LogP contribution in [0.2, 0.25) is 0 Å². The molecule has 84 valence electrons. The Balaban J connectivity index is 2.56. The Morgan fingerprint density at radius 2 is 2.14 bits per heavy atom. The molecule has 14 heavy (non-hydrogen) atoms. The van der Waals surface area contributed by atoms with E-state index in [1.54, 1.807) is 6.92 Å². The van der Waals surface area contributed by atoms with E-state index in [9.17, 15) is 13.9 Å². The first-order chi connectivity index (χ1) is 6.45. The van der Waals surface area contributed by atoms with Gasteiger partial charge in [-0.2, -0.15) is 0 Å². The highest BCUT2D eigenvalue weighted by atomic mass is 32.3. The summed E-state index contributed by atoms with van der Waals surface area (Å²) in [6.07, 6.45) is -0.207. The second-order valence-corrected chi connectivity index (χ2v) is 4.82. The number of ether oxygens (including phenoxy) is 2. The summed E-state index contributed by atoms with van der Waals surface area (Å²) in [6, 6.07) is 0. The van der Waals surface area contributed by atoms with Gasteiger partial charge < -0.3 is 18.6 Å². The molecule has 0 saturated carbocycles. The summed E-state index contributed by atoms with van der Waals surface area (Å²) in [4.78, 5) is 10.7. The molecular weight excluding hydrogens is 212 g/mol. The van der Waals surface area contributed by atoms with Gasteiger partial charge in [-0.25, -0.2) is 4.79 Å². The molecule has 0 amide bonds. The molecule has 1 rings (SSSR count). The van der Waals surface area contributed by atoms with Crippen LogP contribution < -0.4 is 0 Å². The predicted molar refractivity (Wildman–Crippen MR) is 49.9 cm³/mol. The Morgan fingerprint density at radius 1 is 1.50 bits per heavy atom. The smallest absolute Gasteiger partial charge is 0.438 e. The van der Waals surface area contributed by atoms with Crippen molar-refractivity contribution in [2.24, 2.45) is 0 Å². The van der Waals surface area contributed by atoms with Gasteiger partial charge in [0.1, 0.15) is 10.9 Å². The lowest BCUT2D eigenvalue weighted by molar-refractivity contribution is 0.0292. The van der Waals surface area contributed by atoms with Crippen LogP contribution in [0.15, 0.2) is 0 Å². The van der Waals surface area contributed by atoms with Crippen molar-refractivity contribution in [3.8, 4) is 0 Å². The van der Waals surface area contributed by atoms with Gasteiger partial charge in [0.25, 0.3) is 0 Å².